The third-order valence-electron chi connectivity index (χ3n) is 2.74. The molecule has 2 N–H and O–H groups in total. The number of hydrogen-bond donors (Lipinski definition) is 1. The van der Waals surface area contributed by atoms with Crippen LogP contribution in [-0.2, 0) is 17.6 Å². The van der Waals surface area contributed by atoms with Crippen molar-refractivity contribution in [1.29, 1.82) is 0 Å². The largest absolute Gasteiger partial charge is 0.380 e. The Bertz CT molecular complexity index is 301. The van der Waals surface area contributed by atoms with E-state index in [1.807, 2.05) is 0 Å². The first-order valence-corrected chi connectivity index (χ1v) is 5.87. The Morgan fingerprint density at radius 2 is 2.43 bits per heavy atom. The zero-order valence-corrected chi connectivity index (χ0v) is 9.27. The lowest BCUT2D eigenvalue weighted by Crippen LogP contribution is -2.49. The molecule has 0 spiro atoms. The maximum Gasteiger partial charge on any atom is 0.0936 e. The van der Waals surface area contributed by atoms with Crippen LogP contribution in [0.15, 0.2) is 5.38 Å². The van der Waals surface area contributed by atoms with Crippen LogP contribution in [0.5, 0.6) is 0 Å². The molecule has 4 heteroatoms. The van der Waals surface area contributed by atoms with E-state index in [1.54, 1.807) is 11.3 Å². The molecule has 0 amide bonds. The average Bonchev–Trinajstić information content (AvgIpc) is 2.59. The smallest absolute Gasteiger partial charge is 0.0936 e. The van der Waals surface area contributed by atoms with Crippen LogP contribution in [0.2, 0.25) is 0 Å². The van der Waals surface area contributed by atoms with Gasteiger partial charge in [0.25, 0.3) is 0 Å². The van der Waals surface area contributed by atoms with E-state index in [0.29, 0.717) is 6.54 Å². The van der Waals surface area contributed by atoms with Crippen molar-refractivity contribution < 1.29 is 4.74 Å². The van der Waals surface area contributed by atoms with Crippen molar-refractivity contribution in [3.63, 3.8) is 0 Å². The van der Waals surface area contributed by atoms with Crippen LogP contribution in [0.4, 0.5) is 0 Å². The molecule has 1 saturated heterocycles. The molecule has 1 aliphatic rings. The predicted molar refractivity (Wildman–Crippen MR) is 57.5 cm³/mol. The van der Waals surface area contributed by atoms with Crippen LogP contribution >= 0.6 is 11.3 Å². The van der Waals surface area contributed by atoms with Gasteiger partial charge in [-0.3, -0.25) is 0 Å². The molecular formula is C10H16N2OS. The third-order valence-corrected chi connectivity index (χ3v) is 3.63. The molecule has 0 aromatic carbocycles. The van der Waals surface area contributed by atoms with Crippen molar-refractivity contribution >= 4 is 11.3 Å². The van der Waals surface area contributed by atoms with E-state index < -0.39 is 0 Å². The molecule has 2 heterocycles. The molecule has 1 aromatic rings. The molecule has 0 radical (unpaired) electrons. The van der Waals surface area contributed by atoms with Crippen LogP contribution in [0, 0.1) is 5.41 Å². The summed E-state index contributed by atoms with van der Waals surface area (Å²) in [6.45, 7) is 4.42. The van der Waals surface area contributed by atoms with Gasteiger partial charge in [0, 0.05) is 23.8 Å². The van der Waals surface area contributed by atoms with Crippen molar-refractivity contribution in [2.45, 2.75) is 19.8 Å². The first-order chi connectivity index (χ1) is 6.78. The second kappa shape index (κ2) is 3.96. The first-order valence-electron chi connectivity index (χ1n) is 4.99. The summed E-state index contributed by atoms with van der Waals surface area (Å²) in [6.07, 6.45) is 2.00. The van der Waals surface area contributed by atoms with E-state index >= 15 is 0 Å². The van der Waals surface area contributed by atoms with Crippen molar-refractivity contribution in [3.05, 3.63) is 16.1 Å². The minimum Gasteiger partial charge on any atom is -0.380 e. The summed E-state index contributed by atoms with van der Waals surface area (Å²) in [7, 11) is 0. The molecule has 1 aromatic heterocycles. The fourth-order valence-corrected chi connectivity index (χ4v) is 2.65. The molecule has 0 bridgehead atoms. The van der Waals surface area contributed by atoms with E-state index in [9.17, 15) is 0 Å². The Kier molecular flexibility index (Phi) is 2.85. The number of nitrogens with zero attached hydrogens (tertiary/aromatic N) is 1. The number of thiazole rings is 1. The molecule has 0 aliphatic carbocycles. The molecule has 0 atom stereocenters. The number of ether oxygens (including phenoxy) is 1. The fourth-order valence-electron chi connectivity index (χ4n) is 1.60. The van der Waals surface area contributed by atoms with Gasteiger partial charge >= 0.3 is 0 Å². The van der Waals surface area contributed by atoms with Gasteiger partial charge in [-0.2, -0.15) is 0 Å². The van der Waals surface area contributed by atoms with Gasteiger partial charge < -0.3 is 10.5 Å². The van der Waals surface area contributed by atoms with Gasteiger partial charge in [-0.15, -0.1) is 11.3 Å². The van der Waals surface area contributed by atoms with Crippen molar-refractivity contribution in [2.75, 3.05) is 19.8 Å². The van der Waals surface area contributed by atoms with Crippen LogP contribution in [-0.4, -0.2) is 24.7 Å². The van der Waals surface area contributed by atoms with Gasteiger partial charge in [-0.1, -0.05) is 6.92 Å². The molecule has 1 aliphatic heterocycles. The normalized spacial score (nSPS) is 19.3. The number of nitrogens with two attached hydrogens (primary N) is 1. The molecule has 0 unspecified atom stereocenters. The van der Waals surface area contributed by atoms with Crippen LogP contribution in [0.3, 0.4) is 0 Å². The van der Waals surface area contributed by atoms with E-state index in [4.69, 9.17) is 10.5 Å². The lowest BCUT2D eigenvalue weighted by Gasteiger charge is -2.39. The van der Waals surface area contributed by atoms with Gasteiger partial charge in [0.1, 0.15) is 0 Å². The molecule has 14 heavy (non-hydrogen) atoms. The van der Waals surface area contributed by atoms with Gasteiger partial charge in [0.15, 0.2) is 0 Å². The zero-order chi connectivity index (χ0) is 10.0. The highest BCUT2D eigenvalue weighted by Gasteiger charge is 2.38. The summed E-state index contributed by atoms with van der Waals surface area (Å²) < 4.78 is 5.23. The lowest BCUT2D eigenvalue weighted by atomic mass is 9.83. The molecule has 78 valence electrons. The van der Waals surface area contributed by atoms with E-state index in [2.05, 4.69) is 17.3 Å². The van der Waals surface area contributed by atoms with Crippen molar-refractivity contribution in [2.24, 2.45) is 11.1 Å². The lowest BCUT2D eigenvalue weighted by molar-refractivity contribution is -0.106. The summed E-state index contributed by atoms with van der Waals surface area (Å²) in [5, 5.41) is 3.34. The number of aryl methyl sites for hydroxylation is 1. The maximum absolute atomic E-state index is 5.75. The average molecular weight is 212 g/mol. The number of rotatable bonds is 4. The highest BCUT2D eigenvalue weighted by Crippen LogP contribution is 2.31. The van der Waals surface area contributed by atoms with E-state index in [0.717, 1.165) is 26.1 Å². The van der Waals surface area contributed by atoms with Crippen LogP contribution < -0.4 is 5.73 Å². The summed E-state index contributed by atoms with van der Waals surface area (Å²) >= 11 is 1.74. The van der Waals surface area contributed by atoms with Gasteiger partial charge in [-0.25, -0.2) is 4.98 Å². The van der Waals surface area contributed by atoms with Gasteiger partial charge in [0.05, 0.1) is 23.9 Å². The Morgan fingerprint density at radius 3 is 2.86 bits per heavy atom. The number of aromatic nitrogens is 1. The Balaban J connectivity index is 2.02. The molecule has 2 rings (SSSR count). The Hall–Kier alpha value is -0.450. The quantitative estimate of drug-likeness (QED) is 0.816. The summed E-state index contributed by atoms with van der Waals surface area (Å²) in [5.74, 6) is 0. The minimum atomic E-state index is 0.183. The summed E-state index contributed by atoms with van der Waals surface area (Å²) in [6, 6.07) is 0. The van der Waals surface area contributed by atoms with Crippen LogP contribution in [0.25, 0.3) is 0 Å². The second-order valence-corrected chi connectivity index (χ2v) is 4.90. The van der Waals surface area contributed by atoms with Crippen molar-refractivity contribution in [1.82, 2.24) is 4.98 Å². The SMILES string of the molecule is CCc1csc(CC2(CN)COC2)n1. The molecule has 0 saturated carbocycles. The maximum atomic E-state index is 5.75. The summed E-state index contributed by atoms with van der Waals surface area (Å²) in [4.78, 5) is 4.55. The predicted octanol–water partition coefficient (Wildman–Crippen LogP) is 1.22. The standard InChI is InChI=1S/C10H16N2OS/c1-2-8-4-14-9(12-8)3-10(5-11)6-13-7-10/h4H,2-3,5-7,11H2,1H3. The Labute approximate surface area is 88.3 Å². The fraction of sp³-hybridized carbons (Fsp3) is 0.700. The van der Waals surface area contributed by atoms with Gasteiger partial charge in [0.2, 0.25) is 0 Å². The third kappa shape index (κ3) is 1.82. The van der Waals surface area contributed by atoms with Gasteiger partial charge in [-0.05, 0) is 6.42 Å². The topological polar surface area (TPSA) is 48.1 Å². The zero-order valence-electron chi connectivity index (χ0n) is 8.45. The second-order valence-electron chi connectivity index (χ2n) is 3.96. The van der Waals surface area contributed by atoms with Crippen LogP contribution in [0.1, 0.15) is 17.6 Å². The van der Waals surface area contributed by atoms with E-state index in [1.165, 1.54) is 10.7 Å². The van der Waals surface area contributed by atoms with Crippen molar-refractivity contribution in [3.8, 4) is 0 Å². The monoisotopic (exact) mass is 212 g/mol. The molecule has 3 nitrogen and oxygen atoms in total. The molecular weight excluding hydrogens is 196 g/mol. The highest BCUT2D eigenvalue weighted by molar-refractivity contribution is 7.09. The summed E-state index contributed by atoms with van der Waals surface area (Å²) in [5.41, 5.74) is 7.13. The Morgan fingerprint density at radius 1 is 1.64 bits per heavy atom. The molecule has 1 fully saturated rings. The highest BCUT2D eigenvalue weighted by atomic mass is 32.1. The number of hydrogen-bond acceptors (Lipinski definition) is 4. The minimum absolute atomic E-state index is 0.183. The first kappa shape index (κ1) is 10.1. The van der Waals surface area contributed by atoms with E-state index in [-0.39, 0.29) is 5.41 Å².